The van der Waals surface area contributed by atoms with Gasteiger partial charge in [-0.1, -0.05) is 22.0 Å². The molecular weight excluding hydrogens is 451 g/mol. The lowest BCUT2D eigenvalue weighted by atomic mass is 10.1. The van der Waals surface area contributed by atoms with Gasteiger partial charge < -0.3 is 19.4 Å². The van der Waals surface area contributed by atoms with Crippen molar-refractivity contribution in [1.82, 2.24) is 5.32 Å². The predicted octanol–water partition coefficient (Wildman–Crippen LogP) is 5.02. The summed E-state index contributed by atoms with van der Waals surface area (Å²) in [5.41, 5.74) is 1.01. The quantitative estimate of drug-likeness (QED) is 0.524. The normalized spacial score (nSPS) is 15.9. The lowest BCUT2D eigenvalue weighted by molar-refractivity contribution is 0.0916. The molecule has 1 amide bonds. The number of nitrogens with one attached hydrogen (secondary N) is 1. The molecule has 1 atom stereocenters. The highest BCUT2D eigenvalue weighted by Crippen LogP contribution is 2.24. The minimum absolute atomic E-state index is 0.232. The van der Waals surface area contributed by atoms with E-state index in [2.05, 4.69) is 26.1 Å². The van der Waals surface area contributed by atoms with E-state index in [4.69, 9.17) is 9.15 Å². The van der Waals surface area contributed by atoms with Crippen LogP contribution < -0.4 is 15.0 Å². The summed E-state index contributed by atoms with van der Waals surface area (Å²) >= 11 is 3.40. The maximum atomic E-state index is 13.1. The maximum absolute atomic E-state index is 13.1. The van der Waals surface area contributed by atoms with Gasteiger partial charge in [0.15, 0.2) is 5.76 Å². The van der Waals surface area contributed by atoms with Crippen LogP contribution in [0, 0.1) is 11.7 Å². The third kappa shape index (κ3) is 5.21. The number of carbonyl (C=O) groups excluding carboxylic acids is 1. The highest BCUT2D eigenvalue weighted by molar-refractivity contribution is 9.10. The van der Waals surface area contributed by atoms with Crippen LogP contribution in [-0.2, 0) is 6.61 Å². The summed E-state index contributed by atoms with van der Waals surface area (Å²) in [5, 5.41) is 2.95. The molecular formula is C23H22BrFN2O3. The molecule has 30 heavy (non-hydrogen) atoms. The number of amides is 1. The Bertz CT molecular complexity index is 1010. The molecule has 0 spiro atoms. The van der Waals surface area contributed by atoms with Crippen molar-refractivity contribution in [2.75, 3.05) is 24.5 Å². The van der Waals surface area contributed by atoms with Gasteiger partial charge in [0.2, 0.25) is 0 Å². The van der Waals surface area contributed by atoms with Crippen LogP contribution in [0.25, 0.3) is 0 Å². The molecule has 1 unspecified atom stereocenters. The summed E-state index contributed by atoms with van der Waals surface area (Å²) in [6, 6.07) is 17.5. The van der Waals surface area contributed by atoms with Crippen molar-refractivity contribution < 1.29 is 18.3 Å². The molecule has 2 heterocycles. The summed E-state index contributed by atoms with van der Waals surface area (Å²) in [6.45, 7) is 2.54. The van der Waals surface area contributed by atoms with Gasteiger partial charge in [-0.15, -0.1) is 0 Å². The number of anilines is 1. The van der Waals surface area contributed by atoms with Gasteiger partial charge >= 0.3 is 0 Å². The third-order valence-corrected chi connectivity index (χ3v) is 5.58. The lowest BCUT2D eigenvalue weighted by Gasteiger charge is -2.18. The Kier molecular flexibility index (Phi) is 6.38. The number of halogens is 2. The number of hydrogen-bond acceptors (Lipinski definition) is 4. The monoisotopic (exact) mass is 472 g/mol. The van der Waals surface area contributed by atoms with Gasteiger partial charge in [-0.05, 0) is 66.9 Å². The van der Waals surface area contributed by atoms with E-state index in [1.807, 2.05) is 24.3 Å². The van der Waals surface area contributed by atoms with Gasteiger partial charge in [0, 0.05) is 29.8 Å². The van der Waals surface area contributed by atoms with Crippen LogP contribution in [0.2, 0.25) is 0 Å². The molecule has 1 aliphatic rings. The molecule has 1 saturated heterocycles. The van der Waals surface area contributed by atoms with Crippen molar-refractivity contribution in [3.8, 4) is 5.75 Å². The molecule has 4 rings (SSSR count). The van der Waals surface area contributed by atoms with Crippen LogP contribution >= 0.6 is 15.9 Å². The predicted molar refractivity (Wildman–Crippen MR) is 116 cm³/mol. The largest absolute Gasteiger partial charge is 0.486 e. The zero-order valence-electron chi connectivity index (χ0n) is 16.3. The van der Waals surface area contributed by atoms with E-state index in [9.17, 15) is 9.18 Å². The second-order valence-electron chi connectivity index (χ2n) is 7.30. The first kappa shape index (κ1) is 20.5. The second kappa shape index (κ2) is 9.34. The average molecular weight is 473 g/mol. The molecule has 0 radical (unpaired) electrons. The number of hydrogen-bond donors (Lipinski definition) is 1. The van der Waals surface area contributed by atoms with Crippen LogP contribution in [0.1, 0.15) is 22.7 Å². The smallest absolute Gasteiger partial charge is 0.287 e. The summed E-state index contributed by atoms with van der Waals surface area (Å²) < 4.78 is 25.3. The number of benzene rings is 2. The van der Waals surface area contributed by atoms with E-state index in [1.165, 1.54) is 12.1 Å². The highest BCUT2D eigenvalue weighted by atomic mass is 79.9. The molecule has 0 saturated carbocycles. The van der Waals surface area contributed by atoms with Crippen LogP contribution in [0.4, 0.5) is 10.1 Å². The Labute approximate surface area is 183 Å². The SMILES string of the molecule is O=C(NCC1CCN(c2ccc(F)cc2)C1)c1ccc(COc2cccc(Br)c2)o1. The Morgan fingerprint density at radius 1 is 1.20 bits per heavy atom. The van der Waals surface area contributed by atoms with Crippen molar-refractivity contribution in [3.63, 3.8) is 0 Å². The van der Waals surface area contributed by atoms with Crippen LogP contribution in [0.15, 0.2) is 69.6 Å². The number of rotatable bonds is 7. The summed E-state index contributed by atoms with van der Waals surface area (Å²) in [5.74, 6) is 1.46. The van der Waals surface area contributed by atoms with Crippen molar-refractivity contribution in [2.45, 2.75) is 13.0 Å². The standard InChI is InChI=1S/C23H22BrFN2O3/c24-17-2-1-3-20(12-17)29-15-21-8-9-22(30-21)23(28)26-13-16-10-11-27(14-16)19-6-4-18(25)5-7-19/h1-9,12,16H,10-11,13-15H2,(H,26,28). The number of carbonyl (C=O) groups is 1. The first-order valence-corrected chi connectivity index (χ1v) is 10.6. The van der Waals surface area contributed by atoms with Gasteiger partial charge in [-0.3, -0.25) is 4.79 Å². The molecule has 0 bridgehead atoms. The van der Waals surface area contributed by atoms with E-state index >= 15 is 0 Å². The zero-order valence-corrected chi connectivity index (χ0v) is 17.9. The minimum Gasteiger partial charge on any atom is -0.486 e. The van der Waals surface area contributed by atoms with Crippen LogP contribution in [0.5, 0.6) is 5.75 Å². The molecule has 0 aliphatic carbocycles. The average Bonchev–Trinajstić information content (AvgIpc) is 3.41. The van der Waals surface area contributed by atoms with Gasteiger partial charge in [0.25, 0.3) is 5.91 Å². The molecule has 1 aromatic heterocycles. The zero-order chi connectivity index (χ0) is 20.9. The summed E-state index contributed by atoms with van der Waals surface area (Å²) in [4.78, 5) is 14.6. The Morgan fingerprint density at radius 2 is 2.03 bits per heavy atom. The van der Waals surface area contributed by atoms with Crippen molar-refractivity contribution >= 4 is 27.5 Å². The fourth-order valence-corrected chi connectivity index (χ4v) is 3.88. The first-order chi connectivity index (χ1) is 14.6. The molecule has 1 aliphatic heterocycles. The number of nitrogens with zero attached hydrogens (tertiary/aromatic N) is 1. The molecule has 3 aromatic rings. The van der Waals surface area contributed by atoms with E-state index in [1.54, 1.807) is 24.3 Å². The maximum Gasteiger partial charge on any atom is 0.287 e. The van der Waals surface area contributed by atoms with E-state index in [-0.39, 0.29) is 24.1 Å². The number of ether oxygens (including phenoxy) is 1. The number of furan rings is 1. The van der Waals surface area contributed by atoms with Gasteiger partial charge in [-0.25, -0.2) is 4.39 Å². The Morgan fingerprint density at radius 3 is 2.83 bits per heavy atom. The molecule has 1 N–H and O–H groups in total. The summed E-state index contributed by atoms with van der Waals surface area (Å²) in [7, 11) is 0. The fourth-order valence-electron chi connectivity index (χ4n) is 3.50. The second-order valence-corrected chi connectivity index (χ2v) is 8.21. The van der Waals surface area contributed by atoms with Gasteiger partial charge in [0.05, 0.1) is 0 Å². The first-order valence-electron chi connectivity index (χ1n) is 9.82. The lowest BCUT2D eigenvalue weighted by Crippen LogP contribution is -2.30. The van der Waals surface area contributed by atoms with E-state index < -0.39 is 0 Å². The fraction of sp³-hybridized carbons (Fsp3) is 0.261. The van der Waals surface area contributed by atoms with Gasteiger partial charge in [-0.2, -0.15) is 0 Å². The highest BCUT2D eigenvalue weighted by Gasteiger charge is 2.23. The van der Waals surface area contributed by atoms with Crippen molar-refractivity contribution in [2.24, 2.45) is 5.92 Å². The molecule has 5 nitrogen and oxygen atoms in total. The Balaban J connectivity index is 1.24. The molecule has 156 valence electrons. The van der Waals surface area contributed by atoms with E-state index in [0.29, 0.717) is 18.2 Å². The molecule has 2 aromatic carbocycles. The minimum atomic E-state index is -0.235. The Hall–Kier alpha value is -2.80. The van der Waals surface area contributed by atoms with Crippen molar-refractivity contribution in [3.05, 3.63) is 82.5 Å². The third-order valence-electron chi connectivity index (χ3n) is 5.09. The molecule has 1 fully saturated rings. The topological polar surface area (TPSA) is 54.7 Å². The van der Waals surface area contributed by atoms with Gasteiger partial charge in [0.1, 0.15) is 23.9 Å². The molecule has 7 heteroatoms. The van der Waals surface area contributed by atoms with Crippen LogP contribution in [0.3, 0.4) is 0 Å². The van der Waals surface area contributed by atoms with E-state index in [0.717, 1.165) is 35.4 Å². The van der Waals surface area contributed by atoms with Crippen molar-refractivity contribution in [1.29, 1.82) is 0 Å². The summed E-state index contributed by atoms with van der Waals surface area (Å²) in [6.07, 6.45) is 0.974. The van der Waals surface area contributed by atoms with Crippen LogP contribution in [-0.4, -0.2) is 25.5 Å².